The van der Waals surface area contributed by atoms with Gasteiger partial charge in [-0.2, -0.15) is 0 Å². The molecule has 0 amide bonds. The Morgan fingerprint density at radius 2 is 1.09 bits per heavy atom. The quantitative estimate of drug-likeness (QED) is 0.279. The summed E-state index contributed by atoms with van der Waals surface area (Å²) in [7, 11) is 3.12. The lowest BCUT2D eigenvalue weighted by atomic mass is 10.1. The second-order valence-electron chi connectivity index (χ2n) is 7.27. The van der Waals surface area contributed by atoms with Gasteiger partial charge in [0.25, 0.3) is 0 Å². The molecule has 182 valence electrons. The molecular weight excluding hydrogens is 440 g/mol. The van der Waals surface area contributed by atoms with Crippen LogP contribution in [0.5, 0.6) is 23.0 Å². The molecule has 0 atom stereocenters. The summed E-state index contributed by atoms with van der Waals surface area (Å²) in [6, 6.07) is 10.5. The van der Waals surface area contributed by atoms with Gasteiger partial charge in [-0.15, -0.1) is 0 Å². The summed E-state index contributed by atoms with van der Waals surface area (Å²) >= 11 is 0. The monoisotopic (exact) mass is 470 g/mol. The average molecular weight is 471 g/mol. The molecule has 8 nitrogen and oxygen atoms in total. The van der Waals surface area contributed by atoms with Crippen LogP contribution < -0.4 is 18.9 Å². The molecule has 0 aliphatic heterocycles. The number of rotatable bonds is 15. The molecule has 2 N–H and O–H groups in total. The van der Waals surface area contributed by atoms with Crippen molar-refractivity contribution >= 4 is 24.1 Å². The van der Waals surface area contributed by atoms with E-state index in [0.717, 1.165) is 37.8 Å². The van der Waals surface area contributed by atoms with E-state index in [0.29, 0.717) is 47.3 Å². The molecule has 0 radical (unpaired) electrons. The molecule has 0 spiro atoms. The van der Waals surface area contributed by atoms with Crippen molar-refractivity contribution in [1.82, 2.24) is 0 Å². The van der Waals surface area contributed by atoms with E-state index in [-0.39, 0.29) is 0 Å². The van der Waals surface area contributed by atoms with Crippen molar-refractivity contribution in [2.45, 2.75) is 25.7 Å². The second kappa shape index (κ2) is 14.3. The summed E-state index contributed by atoms with van der Waals surface area (Å²) in [5, 5.41) is 17.5. The summed E-state index contributed by atoms with van der Waals surface area (Å²) in [5.74, 6) is 0.307. The van der Waals surface area contributed by atoms with Crippen LogP contribution in [0.25, 0.3) is 12.2 Å². The predicted octanol–water partition coefficient (Wildman–Crippen LogP) is 4.92. The van der Waals surface area contributed by atoms with Crippen LogP contribution in [0.3, 0.4) is 0 Å². The summed E-state index contributed by atoms with van der Waals surface area (Å²) in [6.07, 6.45) is 8.74. The molecule has 8 heteroatoms. The Bertz CT molecular complexity index is 928. The van der Waals surface area contributed by atoms with Gasteiger partial charge in [0.1, 0.15) is 0 Å². The minimum atomic E-state index is -1.01. The highest BCUT2D eigenvalue weighted by Crippen LogP contribution is 2.30. The van der Waals surface area contributed by atoms with Crippen LogP contribution in [0.4, 0.5) is 0 Å². The molecule has 0 saturated carbocycles. The van der Waals surface area contributed by atoms with Crippen molar-refractivity contribution in [1.29, 1.82) is 0 Å². The molecule has 0 heterocycles. The number of carboxylic acids is 2. The van der Waals surface area contributed by atoms with E-state index >= 15 is 0 Å². The van der Waals surface area contributed by atoms with Crippen LogP contribution >= 0.6 is 0 Å². The predicted molar refractivity (Wildman–Crippen MR) is 129 cm³/mol. The Morgan fingerprint density at radius 3 is 1.44 bits per heavy atom. The zero-order valence-corrected chi connectivity index (χ0v) is 19.4. The van der Waals surface area contributed by atoms with Gasteiger partial charge < -0.3 is 29.2 Å². The van der Waals surface area contributed by atoms with Crippen LogP contribution in [0, 0.1) is 0 Å². The fraction of sp³-hybridized carbons (Fsp3) is 0.308. The van der Waals surface area contributed by atoms with Crippen molar-refractivity contribution in [2.75, 3.05) is 27.4 Å². The van der Waals surface area contributed by atoms with Crippen molar-refractivity contribution in [3.63, 3.8) is 0 Å². The number of hydrogen-bond acceptors (Lipinski definition) is 6. The molecular formula is C26H30O8. The highest BCUT2D eigenvalue weighted by molar-refractivity contribution is 5.86. The van der Waals surface area contributed by atoms with Crippen molar-refractivity contribution in [2.24, 2.45) is 0 Å². The number of carboxylic acid groups (broad SMARTS) is 2. The van der Waals surface area contributed by atoms with Gasteiger partial charge in [0.15, 0.2) is 23.0 Å². The lowest BCUT2D eigenvalue weighted by molar-refractivity contribution is -0.132. The van der Waals surface area contributed by atoms with E-state index < -0.39 is 11.9 Å². The van der Waals surface area contributed by atoms with E-state index in [1.807, 2.05) is 0 Å². The molecule has 0 saturated heterocycles. The number of unbranched alkanes of at least 4 members (excludes halogenated alkanes) is 3. The SMILES string of the molecule is COc1ccc(C=CC(=O)O)cc1OCCCCCCOc1cc(C=CC(=O)O)ccc1OC. The summed E-state index contributed by atoms with van der Waals surface area (Å²) < 4.78 is 22.3. The minimum Gasteiger partial charge on any atom is -0.493 e. The Hall–Kier alpha value is -3.94. The van der Waals surface area contributed by atoms with Gasteiger partial charge in [0.05, 0.1) is 27.4 Å². The number of hydrogen-bond donors (Lipinski definition) is 2. The van der Waals surface area contributed by atoms with Crippen LogP contribution in [-0.4, -0.2) is 49.6 Å². The van der Waals surface area contributed by atoms with E-state index in [9.17, 15) is 9.59 Å². The number of benzene rings is 2. The third kappa shape index (κ3) is 9.28. The number of carbonyl (C=O) groups is 2. The van der Waals surface area contributed by atoms with Crippen molar-refractivity contribution < 1.29 is 38.7 Å². The first kappa shape index (κ1) is 26.3. The van der Waals surface area contributed by atoms with Crippen molar-refractivity contribution in [3.8, 4) is 23.0 Å². The first-order valence-corrected chi connectivity index (χ1v) is 10.9. The smallest absolute Gasteiger partial charge is 0.328 e. The molecule has 0 aliphatic carbocycles. The van der Waals surface area contributed by atoms with Crippen LogP contribution in [-0.2, 0) is 9.59 Å². The van der Waals surface area contributed by atoms with Crippen LogP contribution in [0.15, 0.2) is 48.6 Å². The minimum absolute atomic E-state index is 0.509. The summed E-state index contributed by atoms with van der Waals surface area (Å²) in [4.78, 5) is 21.4. The van der Waals surface area contributed by atoms with Crippen LogP contribution in [0.1, 0.15) is 36.8 Å². The molecule has 2 aromatic rings. The Balaban J connectivity index is 1.74. The van der Waals surface area contributed by atoms with Crippen LogP contribution in [0.2, 0.25) is 0 Å². The van der Waals surface area contributed by atoms with Gasteiger partial charge >= 0.3 is 11.9 Å². The summed E-state index contributed by atoms with van der Waals surface area (Å²) in [5.41, 5.74) is 1.43. The van der Waals surface area contributed by atoms with E-state index in [1.165, 1.54) is 12.2 Å². The van der Waals surface area contributed by atoms with E-state index in [1.54, 1.807) is 50.6 Å². The topological polar surface area (TPSA) is 112 Å². The maximum atomic E-state index is 10.7. The molecule has 0 unspecified atom stereocenters. The highest BCUT2D eigenvalue weighted by atomic mass is 16.5. The first-order chi connectivity index (χ1) is 16.4. The maximum absolute atomic E-state index is 10.7. The Labute approximate surface area is 199 Å². The summed E-state index contributed by atoms with van der Waals surface area (Å²) in [6.45, 7) is 1.02. The maximum Gasteiger partial charge on any atom is 0.328 e. The van der Waals surface area contributed by atoms with Crippen molar-refractivity contribution in [3.05, 3.63) is 59.7 Å². The molecule has 2 aromatic carbocycles. The third-order valence-electron chi connectivity index (χ3n) is 4.77. The lowest BCUT2D eigenvalue weighted by Gasteiger charge is -2.12. The standard InChI is InChI=1S/C26H30O8/c1-31-21-11-7-19(9-13-25(27)28)17-23(21)33-15-5-3-4-6-16-34-24-18-20(10-14-26(29)30)8-12-22(24)32-2/h7-14,17-18H,3-6,15-16H2,1-2H3,(H,27,28)(H,29,30). The largest absolute Gasteiger partial charge is 0.493 e. The third-order valence-corrected chi connectivity index (χ3v) is 4.77. The Kier molecular flexibility index (Phi) is 11.0. The highest BCUT2D eigenvalue weighted by Gasteiger charge is 2.07. The molecule has 0 aliphatic rings. The zero-order chi connectivity index (χ0) is 24.8. The average Bonchev–Trinajstić information content (AvgIpc) is 2.83. The molecule has 2 rings (SSSR count). The van der Waals surface area contributed by atoms with Gasteiger partial charge in [-0.3, -0.25) is 0 Å². The van der Waals surface area contributed by atoms with Gasteiger partial charge in [0.2, 0.25) is 0 Å². The first-order valence-electron chi connectivity index (χ1n) is 10.9. The molecule has 0 fully saturated rings. The fourth-order valence-electron chi connectivity index (χ4n) is 3.08. The van der Waals surface area contributed by atoms with Gasteiger partial charge in [-0.25, -0.2) is 9.59 Å². The van der Waals surface area contributed by atoms with Gasteiger partial charge in [-0.05, 0) is 73.2 Å². The second-order valence-corrected chi connectivity index (χ2v) is 7.27. The number of ether oxygens (including phenoxy) is 4. The number of methoxy groups -OCH3 is 2. The fourth-order valence-corrected chi connectivity index (χ4v) is 3.08. The number of aliphatic carboxylic acids is 2. The Morgan fingerprint density at radius 1 is 0.676 bits per heavy atom. The molecule has 0 aromatic heterocycles. The molecule has 34 heavy (non-hydrogen) atoms. The molecule has 0 bridgehead atoms. The normalized spacial score (nSPS) is 11.0. The van der Waals surface area contributed by atoms with Gasteiger partial charge in [0, 0.05) is 12.2 Å². The van der Waals surface area contributed by atoms with Gasteiger partial charge in [-0.1, -0.05) is 12.1 Å². The lowest BCUT2D eigenvalue weighted by Crippen LogP contribution is -2.02. The van der Waals surface area contributed by atoms with E-state index in [4.69, 9.17) is 29.2 Å². The van der Waals surface area contributed by atoms with E-state index in [2.05, 4.69) is 0 Å². The zero-order valence-electron chi connectivity index (χ0n) is 19.4.